The molecule has 0 aromatic heterocycles. The van der Waals surface area contributed by atoms with E-state index >= 15 is 0 Å². The average Bonchev–Trinajstić information content (AvgIpc) is 2.87. The Bertz CT molecular complexity index is 625. The van der Waals surface area contributed by atoms with Crippen LogP contribution in [0.25, 0.3) is 0 Å². The Labute approximate surface area is 131 Å². The molecule has 1 aromatic carbocycles. The zero-order valence-corrected chi connectivity index (χ0v) is 13.3. The fraction of sp³-hybridized carbons (Fsp3) is 0.533. The van der Waals surface area contributed by atoms with E-state index < -0.39 is 9.84 Å². The smallest absolute Gasteiger partial charge is 0.317 e. The quantitative estimate of drug-likeness (QED) is 0.870. The van der Waals surface area contributed by atoms with Gasteiger partial charge in [-0.2, -0.15) is 0 Å². The summed E-state index contributed by atoms with van der Waals surface area (Å²) in [6.45, 7) is 2.89. The van der Waals surface area contributed by atoms with E-state index in [0.717, 1.165) is 13.1 Å². The van der Waals surface area contributed by atoms with Crippen LogP contribution in [0.15, 0.2) is 30.3 Å². The number of urea groups is 1. The first-order valence-corrected chi connectivity index (χ1v) is 9.41. The summed E-state index contributed by atoms with van der Waals surface area (Å²) in [7, 11) is -2.96. The maximum absolute atomic E-state index is 12.2. The van der Waals surface area contributed by atoms with Crippen LogP contribution in [0.1, 0.15) is 6.42 Å². The molecule has 1 unspecified atom stereocenters. The predicted molar refractivity (Wildman–Crippen MR) is 85.8 cm³/mol. The molecular formula is C15H21N3O3S. The third kappa shape index (κ3) is 3.52. The van der Waals surface area contributed by atoms with Crippen LogP contribution in [0.5, 0.6) is 0 Å². The van der Waals surface area contributed by atoms with Crippen molar-refractivity contribution in [1.82, 2.24) is 10.2 Å². The predicted octanol–water partition coefficient (Wildman–Crippen LogP) is 0.705. The highest BCUT2D eigenvalue weighted by atomic mass is 32.2. The van der Waals surface area contributed by atoms with E-state index in [4.69, 9.17) is 0 Å². The molecule has 2 amide bonds. The van der Waals surface area contributed by atoms with Crippen molar-refractivity contribution in [1.29, 1.82) is 0 Å². The maximum Gasteiger partial charge on any atom is 0.317 e. The minimum Gasteiger partial charge on any atom is -0.368 e. The van der Waals surface area contributed by atoms with Gasteiger partial charge in [-0.15, -0.1) is 0 Å². The molecule has 7 heteroatoms. The average molecular weight is 323 g/mol. The molecule has 2 aliphatic heterocycles. The molecule has 0 aliphatic carbocycles. The molecule has 22 heavy (non-hydrogen) atoms. The number of hydrogen-bond donors (Lipinski definition) is 1. The Morgan fingerprint density at radius 3 is 2.36 bits per heavy atom. The number of nitrogens with one attached hydrogen (secondary N) is 1. The Morgan fingerprint density at radius 2 is 1.77 bits per heavy atom. The number of amides is 2. The monoisotopic (exact) mass is 323 g/mol. The van der Waals surface area contributed by atoms with Gasteiger partial charge < -0.3 is 15.1 Å². The number of hydrogen-bond acceptors (Lipinski definition) is 4. The molecule has 2 aliphatic rings. The molecule has 0 spiro atoms. The fourth-order valence-electron chi connectivity index (χ4n) is 2.98. The van der Waals surface area contributed by atoms with Crippen molar-refractivity contribution in [2.75, 3.05) is 42.6 Å². The summed E-state index contributed by atoms with van der Waals surface area (Å²) in [5.41, 5.74) is 1.17. The lowest BCUT2D eigenvalue weighted by Crippen LogP contribution is -2.53. The lowest BCUT2D eigenvalue weighted by Gasteiger charge is -2.36. The Morgan fingerprint density at radius 1 is 1.09 bits per heavy atom. The van der Waals surface area contributed by atoms with Crippen molar-refractivity contribution in [3.05, 3.63) is 30.3 Å². The highest BCUT2D eigenvalue weighted by Crippen LogP contribution is 2.16. The number of carbonyl (C=O) groups is 1. The molecule has 0 radical (unpaired) electrons. The van der Waals surface area contributed by atoms with Crippen molar-refractivity contribution in [2.45, 2.75) is 12.5 Å². The van der Waals surface area contributed by atoms with Gasteiger partial charge in [-0.25, -0.2) is 13.2 Å². The first-order chi connectivity index (χ1) is 10.5. The van der Waals surface area contributed by atoms with Crippen LogP contribution in [0, 0.1) is 0 Å². The highest BCUT2D eigenvalue weighted by molar-refractivity contribution is 7.91. The van der Waals surface area contributed by atoms with E-state index in [1.54, 1.807) is 4.90 Å². The second-order valence-electron chi connectivity index (χ2n) is 5.86. The van der Waals surface area contributed by atoms with Gasteiger partial charge in [0.1, 0.15) is 0 Å². The second-order valence-corrected chi connectivity index (χ2v) is 8.09. The lowest BCUT2D eigenvalue weighted by atomic mass is 10.2. The molecule has 0 saturated carbocycles. The van der Waals surface area contributed by atoms with Gasteiger partial charge in [-0.3, -0.25) is 0 Å². The summed E-state index contributed by atoms with van der Waals surface area (Å²) in [5.74, 6) is 0.252. The lowest BCUT2D eigenvalue weighted by molar-refractivity contribution is 0.191. The topological polar surface area (TPSA) is 69.7 Å². The van der Waals surface area contributed by atoms with Crippen LogP contribution in [0.2, 0.25) is 0 Å². The molecule has 1 aromatic rings. The van der Waals surface area contributed by atoms with E-state index in [0.29, 0.717) is 19.5 Å². The standard InChI is InChI=1S/C15H21N3O3S/c19-15(16-13-6-11-22(20,21)12-13)18-9-7-17(8-10-18)14-4-2-1-3-5-14/h1-5,13H,6-12H2,(H,16,19). The Hall–Kier alpha value is -1.76. The number of para-hydroxylation sites is 1. The molecule has 2 heterocycles. The summed E-state index contributed by atoms with van der Waals surface area (Å²) < 4.78 is 22.9. The SMILES string of the molecule is O=C(NC1CCS(=O)(=O)C1)N1CCN(c2ccccc2)CC1. The van der Waals surface area contributed by atoms with Crippen molar-refractivity contribution in [3.8, 4) is 0 Å². The second kappa shape index (κ2) is 6.16. The van der Waals surface area contributed by atoms with Crippen molar-refractivity contribution >= 4 is 21.6 Å². The molecule has 0 bridgehead atoms. The minimum absolute atomic E-state index is 0.0721. The molecule has 2 fully saturated rings. The van der Waals surface area contributed by atoms with Crippen LogP contribution < -0.4 is 10.2 Å². The molecule has 2 saturated heterocycles. The summed E-state index contributed by atoms with van der Waals surface area (Å²) in [5, 5.41) is 2.85. The summed E-state index contributed by atoms with van der Waals surface area (Å²) in [6, 6.07) is 9.77. The van der Waals surface area contributed by atoms with E-state index in [-0.39, 0.29) is 23.6 Å². The van der Waals surface area contributed by atoms with Gasteiger partial charge in [-0.1, -0.05) is 18.2 Å². The maximum atomic E-state index is 12.2. The molecular weight excluding hydrogens is 302 g/mol. The van der Waals surface area contributed by atoms with Crippen LogP contribution in [-0.4, -0.2) is 63.1 Å². The first kappa shape index (κ1) is 15.1. The van der Waals surface area contributed by atoms with Crippen LogP contribution in [-0.2, 0) is 9.84 Å². The number of anilines is 1. The molecule has 6 nitrogen and oxygen atoms in total. The van der Waals surface area contributed by atoms with Gasteiger partial charge >= 0.3 is 6.03 Å². The number of rotatable bonds is 2. The summed E-state index contributed by atoms with van der Waals surface area (Å²) in [6.07, 6.45) is 0.526. The summed E-state index contributed by atoms with van der Waals surface area (Å²) in [4.78, 5) is 16.2. The number of benzene rings is 1. The van der Waals surface area contributed by atoms with Gasteiger partial charge in [-0.05, 0) is 18.6 Å². The van der Waals surface area contributed by atoms with Gasteiger partial charge in [0.15, 0.2) is 9.84 Å². The molecule has 3 rings (SSSR count). The molecule has 1 atom stereocenters. The third-order valence-corrected chi connectivity index (χ3v) is 6.02. The Balaban J connectivity index is 1.50. The Kier molecular flexibility index (Phi) is 4.24. The van der Waals surface area contributed by atoms with Gasteiger partial charge in [0.2, 0.25) is 0 Å². The largest absolute Gasteiger partial charge is 0.368 e. The van der Waals surface area contributed by atoms with E-state index in [1.165, 1.54) is 5.69 Å². The zero-order chi connectivity index (χ0) is 15.6. The normalized spacial score (nSPS) is 24.3. The van der Waals surface area contributed by atoms with Gasteiger partial charge in [0, 0.05) is 37.9 Å². The van der Waals surface area contributed by atoms with E-state index in [9.17, 15) is 13.2 Å². The fourth-order valence-corrected chi connectivity index (χ4v) is 4.65. The zero-order valence-electron chi connectivity index (χ0n) is 12.4. The van der Waals surface area contributed by atoms with Crippen LogP contribution >= 0.6 is 0 Å². The van der Waals surface area contributed by atoms with Gasteiger partial charge in [0.05, 0.1) is 11.5 Å². The number of sulfone groups is 1. The number of piperazine rings is 1. The van der Waals surface area contributed by atoms with E-state index in [1.807, 2.05) is 18.2 Å². The molecule has 1 N–H and O–H groups in total. The first-order valence-electron chi connectivity index (χ1n) is 7.59. The number of carbonyl (C=O) groups excluding carboxylic acids is 1. The van der Waals surface area contributed by atoms with Crippen LogP contribution in [0.3, 0.4) is 0 Å². The highest BCUT2D eigenvalue weighted by Gasteiger charge is 2.30. The van der Waals surface area contributed by atoms with Gasteiger partial charge in [0.25, 0.3) is 0 Å². The van der Waals surface area contributed by atoms with Crippen molar-refractivity contribution in [3.63, 3.8) is 0 Å². The molecule has 120 valence electrons. The third-order valence-electron chi connectivity index (χ3n) is 4.25. The minimum atomic E-state index is -2.96. The number of nitrogens with zero attached hydrogens (tertiary/aromatic N) is 2. The van der Waals surface area contributed by atoms with Crippen molar-refractivity contribution < 1.29 is 13.2 Å². The van der Waals surface area contributed by atoms with Crippen LogP contribution in [0.4, 0.5) is 10.5 Å². The van der Waals surface area contributed by atoms with Crippen molar-refractivity contribution in [2.24, 2.45) is 0 Å². The van der Waals surface area contributed by atoms with E-state index in [2.05, 4.69) is 22.3 Å². The summed E-state index contributed by atoms with van der Waals surface area (Å²) >= 11 is 0.